The van der Waals surface area contributed by atoms with E-state index in [1.807, 2.05) is 54.6 Å². The van der Waals surface area contributed by atoms with Crippen LogP contribution in [0.5, 0.6) is 5.75 Å². The van der Waals surface area contributed by atoms with Gasteiger partial charge in [-0.1, -0.05) is 42.5 Å². The molecule has 0 aliphatic carbocycles. The normalized spacial score (nSPS) is 11.1. The average molecular weight is 410 g/mol. The smallest absolute Gasteiger partial charge is 0.344 e. The third-order valence-corrected chi connectivity index (χ3v) is 5.02. The van der Waals surface area contributed by atoms with Gasteiger partial charge in [0, 0.05) is 5.69 Å². The molecule has 31 heavy (non-hydrogen) atoms. The van der Waals surface area contributed by atoms with E-state index in [9.17, 15) is 9.90 Å². The quantitative estimate of drug-likeness (QED) is 0.430. The van der Waals surface area contributed by atoms with Crippen molar-refractivity contribution in [2.75, 3.05) is 5.73 Å². The van der Waals surface area contributed by atoms with Crippen LogP contribution in [0.1, 0.15) is 15.9 Å². The number of aromatic nitrogens is 3. The number of phenols is 1. The first-order valence-electron chi connectivity index (χ1n) is 9.69. The number of hydrogen-bond donors (Lipinski definition) is 2. The highest BCUT2D eigenvalue weighted by atomic mass is 16.5. The highest BCUT2D eigenvalue weighted by Gasteiger charge is 2.26. The predicted octanol–water partition coefficient (Wildman–Crippen LogP) is 4.22. The van der Waals surface area contributed by atoms with Crippen molar-refractivity contribution in [2.24, 2.45) is 0 Å². The van der Waals surface area contributed by atoms with Gasteiger partial charge in [0.15, 0.2) is 5.65 Å². The summed E-state index contributed by atoms with van der Waals surface area (Å²) in [4.78, 5) is 22.4. The third-order valence-electron chi connectivity index (χ3n) is 5.02. The molecule has 0 radical (unpaired) electrons. The lowest BCUT2D eigenvalue weighted by Gasteiger charge is -2.08. The van der Waals surface area contributed by atoms with Crippen LogP contribution in [0.25, 0.3) is 27.9 Å². The standard InChI is InChI=1S/C24H18N4O3/c25-22-20(24(30)31-14-15-6-2-1-3-7-15)21-23(27-19-9-5-4-8-18(19)26-21)28(22)16-10-12-17(29)13-11-16/h1-13,29H,14,25H2. The minimum absolute atomic E-state index is 0.117. The van der Waals surface area contributed by atoms with Crippen molar-refractivity contribution in [3.05, 3.63) is 90.0 Å². The first-order chi connectivity index (χ1) is 15.1. The summed E-state index contributed by atoms with van der Waals surface area (Å²) in [6.07, 6.45) is 0. The number of benzene rings is 3. The summed E-state index contributed by atoms with van der Waals surface area (Å²) in [6.45, 7) is 0.117. The molecule has 0 aliphatic heterocycles. The van der Waals surface area contributed by atoms with Crippen molar-refractivity contribution in [3.63, 3.8) is 0 Å². The van der Waals surface area contributed by atoms with Gasteiger partial charge in [0.2, 0.25) is 0 Å². The van der Waals surface area contributed by atoms with Gasteiger partial charge in [-0.15, -0.1) is 0 Å². The van der Waals surface area contributed by atoms with Gasteiger partial charge in [-0.05, 0) is 42.0 Å². The van der Waals surface area contributed by atoms with Crippen molar-refractivity contribution >= 4 is 34.0 Å². The molecule has 0 amide bonds. The predicted molar refractivity (Wildman–Crippen MR) is 118 cm³/mol. The number of para-hydroxylation sites is 2. The number of hydrogen-bond acceptors (Lipinski definition) is 6. The lowest BCUT2D eigenvalue weighted by atomic mass is 10.2. The van der Waals surface area contributed by atoms with Gasteiger partial charge in [0.1, 0.15) is 29.3 Å². The molecule has 2 aromatic heterocycles. The Morgan fingerprint density at radius 1 is 0.903 bits per heavy atom. The van der Waals surface area contributed by atoms with Crippen LogP contribution in [0.4, 0.5) is 5.82 Å². The van der Waals surface area contributed by atoms with Crippen LogP contribution in [0.3, 0.4) is 0 Å². The molecule has 5 rings (SSSR count). The molecule has 3 N–H and O–H groups in total. The molecule has 0 atom stereocenters. The molecule has 0 spiro atoms. The number of esters is 1. The SMILES string of the molecule is Nc1c(C(=O)OCc2ccccc2)c2nc3ccccc3nc2n1-c1ccc(O)cc1. The lowest BCUT2D eigenvalue weighted by molar-refractivity contribution is 0.0476. The van der Waals surface area contributed by atoms with E-state index in [0.717, 1.165) is 5.56 Å². The number of anilines is 1. The van der Waals surface area contributed by atoms with Gasteiger partial charge in [0.05, 0.1) is 11.0 Å². The second-order valence-corrected chi connectivity index (χ2v) is 7.06. The number of fused-ring (bicyclic) bond motifs is 2. The molecular weight excluding hydrogens is 392 g/mol. The number of ether oxygens (including phenoxy) is 1. The molecular formula is C24H18N4O3. The summed E-state index contributed by atoms with van der Waals surface area (Å²) >= 11 is 0. The summed E-state index contributed by atoms with van der Waals surface area (Å²) in [5.74, 6) is -0.277. The van der Waals surface area contributed by atoms with Gasteiger partial charge in [-0.3, -0.25) is 4.57 Å². The number of nitrogens with two attached hydrogens (primary N) is 1. The number of nitrogens with zero attached hydrogens (tertiary/aromatic N) is 3. The summed E-state index contributed by atoms with van der Waals surface area (Å²) in [5, 5.41) is 9.66. The van der Waals surface area contributed by atoms with E-state index in [2.05, 4.69) is 4.98 Å². The van der Waals surface area contributed by atoms with Gasteiger partial charge >= 0.3 is 5.97 Å². The first-order valence-corrected chi connectivity index (χ1v) is 9.69. The molecule has 0 saturated carbocycles. The fourth-order valence-corrected chi connectivity index (χ4v) is 3.52. The van der Waals surface area contributed by atoms with Gasteiger partial charge in [0.25, 0.3) is 0 Å². The average Bonchev–Trinajstić information content (AvgIpc) is 3.08. The summed E-state index contributed by atoms with van der Waals surface area (Å²) in [5.41, 5.74) is 10.2. The monoisotopic (exact) mass is 410 g/mol. The van der Waals surface area contributed by atoms with E-state index in [-0.39, 0.29) is 23.7 Å². The van der Waals surface area contributed by atoms with Crippen LogP contribution in [0.2, 0.25) is 0 Å². The number of nitrogen functional groups attached to an aromatic ring is 1. The van der Waals surface area contributed by atoms with E-state index < -0.39 is 5.97 Å². The Hall–Kier alpha value is -4.39. The van der Waals surface area contributed by atoms with E-state index in [1.54, 1.807) is 28.8 Å². The molecule has 0 fully saturated rings. The summed E-state index contributed by atoms with van der Waals surface area (Å²) in [6, 6.07) is 23.3. The minimum Gasteiger partial charge on any atom is -0.508 e. The fourth-order valence-electron chi connectivity index (χ4n) is 3.52. The second-order valence-electron chi connectivity index (χ2n) is 7.06. The van der Waals surface area contributed by atoms with E-state index in [4.69, 9.17) is 15.5 Å². The van der Waals surface area contributed by atoms with Crippen LogP contribution in [0.15, 0.2) is 78.9 Å². The highest BCUT2D eigenvalue weighted by molar-refractivity contribution is 6.09. The zero-order valence-electron chi connectivity index (χ0n) is 16.4. The molecule has 3 aromatic carbocycles. The molecule has 152 valence electrons. The van der Waals surface area contributed by atoms with Gasteiger partial charge in [-0.25, -0.2) is 14.8 Å². The van der Waals surface area contributed by atoms with Crippen LogP contribution in [0, 0.1) is 0 Å². The van der Waals surface area contributed by atoms with Crippen molar-refractivity contribution in [2.45, 2.75) is 6.61 Å². The molecule has 7 heteroatoms. The number of carbonyl (C=O) groups excluding carboxylic acids is 1. The van der Waals surface area contributed by atoms with E-state index >= 15 is 0 Å². The van der Waals surface area contributed by atoms with Crippen LogP contribution >= 0.6 is 0 Å². The van der Waals surface area contributed by atoms with Crippen LogP contribution in [-0.4, -0.2) is 25.6 Å². The highest BCUT2D eigenvalue weighted by Crippen LogP contribution is 2.32. The van der Waals surface area contributed by atoms with E-state index in [0.29, 0.717) is 27.9 Å². The minimum atomic E-state index is -0.575. The number of phenolic OH excluding ortho intramolecular Hbond substituents is 1. The topological polar surface area (TPSA) is 103 Å². The van der Waals surface area contributed by atoms with Crippen molar-refractivity contribution in [1.82, 2.24) is 14.5 Å². The Labute approximate surface area is 177 Å². The van der Waals surface area contributed by atoms with Crippen LogP contribution < -0.4 is 5.73 Å². The number of aromatic hydroxyl groups is 1. The summed E-state index contributed by atoms with van der Waals surface area (Å²) < 4.78 is 7.19. The van der Waals surface area contributed by atoms with Gasteiger partial charge < -0.3 is 15.6 Å². The number of rotatable bonds is 4. The summed E-state index contributed by atoms with van der Waals surface area (Å²) in [7, 11) is 0. The Balaban J connectivity index is 1.67. The molecule has 5 aromatic rings. The van der Waals surface area contributed by atoms with Crippen molar-refractivity contribution in [1.29, 1.82) is 0 Å². The zero-order valence-corrected chi connectivity index (χ0v) is 16.4. The van der Waals surface area contributed by atoms with E-state index in [1.165, 1.54) is 0 Å². The Bertz CT molecular complexity index is 1410. The maximum Gasteiger partial charge on any atom is 0.344 e. The Kier molecular flexibility index (Phi) is 4.48. The molecule has 0 aliphatic rings. The molecule has 0 saturated heterocycles. The van der Waals surface area contributed by atoms with Crippen molar-refractivity contribution < 1.29 is 14.6 Å². The lowest BCUT2D eigenvalue weighted by Crippen LogP contribution is -2.09. The number of carbonyl (C=O) groups is 1. The van der Waals surface area contributed by atoms with Crippen LogP contribution in [-0.2, 0) is 11.3 Å². The Morgan fingerprint density at radius 2 is 1.55 bits per heavy atom. The van der Waals surface area contributed by atoms with Gasteiger partial charge in [-0.2, -0.15) is 0 Å². The fraction of sp³-hybridized carbons (Fsp3) is 0.0417. The molecule has 7 nitrogen and oxygen atoms in total. The largest absolute Gasteiger partial charge is 0.508 e. The molecule has 0 bridgehead atoms. The van der Waals surface area contributed by atoms with Crippen molar-refractivity contribution in [3.8, 4) is 11.4 Å². The Morgan fingerprint density at radius 3 is 2.26 bits per heavy atom. The maximum atomic E-state index is 13.1. The first kappa shape index (κ1) is 18.6. The second kappa shape index (κ2) is 7.46. The maximum absolute atomic E-state index is 13.1. The molecule has 2 heterocycles. The third kappa shape index (κ3) is 3.32. The molecule has 0 unspecified atom stereocenters. The zero-order chi connectivity index (χ0) is 21.4.